The molecule has 0 saturated heterocycles. The normalized spacial score (nSPS) is 18.1. The van der Waals surface area contributed by atoms with Crippen LogP contribution in [0.4, 0.5) is 0 Å². The van der Waals surface area contributed by atoms with Gasteiger partial charge in [-0.1, -0.05) is 31.2 Å². The van der Waals surface area contributed by atoms with Gasteiger partial charge in [0, 0.05) is 0 Å². The van der Waals surface area contributed by atoms with Crippen molar-refractivity contribution >= 4 is 0 Å². The fourth-order valence-corrected chi connectivity index (χ4v) is 1.84. The van der Waals surface area contributed by atoms with Gasteiger partial charge in [-0.25, -0.2) is 0 Å². The topological polar surface area (TPSA) is 29.5 Å². The van der Waals surface area contributed by atoms with E-state index in [1.165, 1.54) is 12.0 Å². The van der Waals surface area contributed by atoms with Crippen LogP contribution < -0.4 is 0 Å². The average molecular weight is 220 g/mol. The molecule has 2 heteroatoms. The molecule has 0 bridgehead atoms. The highest BCUT2D eigenvalue weighted by atomic mass is 16.5. The van der Waals surface area contributed by atoms with Crippen molar-refractivity contribution in [1.29, 1.82) is 0 Å². The highest BCUT2D eigenvalue weighted by Crippen LogP contribution is 2.24. The summed E-state index contributed by atoms with van der Waals surface area (Å²) in [4.78, 5) is 0. The Morgan fingerprint density at radius 1 is 1.31 bits per heavy atom. The third-order valence-electron chi connectivity index (χ3n) is 3.31. The molecule has 1 N–H and O–H groups in total. The Labute approximate surface area is 97.3 Å². The second-order valence-corrected chi connectivity index (χ2v) is 4.50. The Bertz CT molecular complexity index is 314. The maximum atomic E-state index is 9.93. The SMILES string of the molecule is CCc1ccc(C(O)COC2CCC2)cc1. The van der Waals surface area contributed by atoms with Crippen molar-refractivity contribution in [2.24, 2.45) is 0 Å². The predicted molar refractivity (Wildman–Crippen MR) is 64.4 cm³/mol. The first kappa shape index (κ1) is 11.6. The zero-order valence-electron chi connectivity index (χ0n) is 9.86. The van der Waals surface area contributed by atoms with Crippen LogP contribution in [0.15, 0.2) is 24.3 Å². The Balaban J connectivity index is 1.84. The van der Waals surface area contributed by atoms with Crippen LogP contribution in [0.1, 0.15) is 43.4 Å². The number of rotatable bonds is 5. The van der Waals surface area contributed by atoms with E-state index in [2.05, 4.69) is 19.1 Å². The van der Waals surface area contributed by atoms with Gasteiger partial charge in [0.25, 0.3) is 0 Å². The van der Waals surface area contributed by atoms with Crippen LogP contribution in [0.2, 0.25) is 0 Å². The summed E-state index contributed by atoms with van der Waals surface area (Å²) in [5.41, 5.74) is 2.26. The minimum Gasteiger partial charge on any atom is -0.386 e. The molecule has 16 heavy (non-hydrogen) atoms. The largest absolute Gasteiger partial charge is 0.386 e. The third kappa shape index (κ3) is 2.83. The van der Waals surface area contributed by atoms with Crippen LogP contribution in [0.3, 0.4) is 0 Å². The van der Waals surface area contributed by atoms with Gasteiger partial charge in [-0.2, -0.15) is 0 Å². The smallest absolute Gasteiger partial charge is 0.102 e. The molecule has 1 atom stereocenters. The lowest BCUT2D eigenvalue weighted by molar-refractivity contribution is -0.0426. The molecule has 88 valence electrons. The number of hydrogen-bond acceptors (Lipinski definition) is 2. The number of ether oxygens (including phenoxy) is 1. The fraction of sp³-hybridized carbons (Fsp3) is 0.571. The number of benzene rings is 1. The maximum absolute atomic E-state index is 9.93. The van der Waals surface area contributed by atoms with E-state index in [9.17, 15) is 5.11 Å². The van der Waals surface area contributed by atoms with E-state index in [1.54, 1.807) is 0 Å². The van der Waals surface area contributed by atoms with Crippen LogP contribution in [-0.2, 0) is 11.2 Å². The average Bonchev–Trinajstić information content (AvgIpc) is 2.27. The van der Waals surface area contributed by atoms with Crippen molar-refractivity contribution in [3.63, 3.8) is 0 Å². The van der Waals surface area contributed by atoms with Crippen molar-refractivity contribution in [3.8, 4) is 0 Å². The Morgan fingerprint density at radius 2 is 2.00 bits per heavy atom. The summed E-state index contributed by atoms with van der Waals surface area (Å²) in [6, 6.07) is 8.13. The summed E-state index contributed by atoms with van der Waals surface area (Å²) in [6.07, 6.45) is 4.53. The van der Waals surface area contributed by atoms with Gasteiger partial charge in [0.15, 0.2) is 0 Å². The minimum absolute atomic E-state index is 0.393. The summed E-state index contributed by atoms with van der Waals surface area (Å²) in [5.74, 6) is 0. The van der Waals surface area contributed by atoms with E-state index >= 15 is 0 Å². The molecule has 1 aromatic rings. The van der Waals surface area contributed by atoms with Gasteiger partial charge >= 0.3 is 0 Å². The molecule has 0 aromatic heterocycles. The fourth-order valence-electron chi connectivity index (χ4n) is 1.84. The first-order valence-corrected chi connectivity index (χ1v) is 6.18. The van der Waals surface area contributed by atoms with Gasteiger partial charge in [0.2, 0.25) is 0 Å². The van der Waals surface area contributed by atoms with E-state index < -0.39 is 6.10 Å². The molecule has 0 spiro atoms. The molecule has 1 aromatic carbocycles. The van der Waals surface area contributed by atoms with Crippen molar-refractivity contribution in [2.45, 2.75) is 44.8 Å². The molecule has 2 nitrogen and oxygen atoms in total. The molecule has 1 aliphatic rings. The monoisotopic (exact) mass is 220 g/mol. The molecule has 0 radical (unpaired) electrons. The lowest BCUT2D eigenvalue weighted by atomic mass is 9.96. The van der Waals surface area contributed by atoms with E-state index in [-0.39, 0.29) is 0 Å². The van der Waals surface area contributed by atoms with Crippen molar-refractivity contribution in [1.82, 2.24) is 0 Å². The van der Waals surface area contributed by atoms with Crippen molar-refractivity contribution in [2.75, 3.05) is 6.61 Å². The van der Waals surface area contributed by atoms with Gasteiger partial charge < -0.3 is 9.84 Å². The highest BCUT2D eigenvalue weighted by molar-refractivity contribution is 5.24. The Hall–Kier alpha value is -0.860. The molecule has 1 fully saturated rings. The number of hydrogen-bond donors (Lipinski definition) is 1. The quantitative estimate of drug-likeness (QED) is 0.826. The minimum atomic E-state index is -0.480. The lowest BCUT2D eigenvalue weighted by Gasteiger charge is -2.26. The van der Waals surface area contributed by atoms with Crippen molar-refractivity contribution < 1.29 is 9.84 Å². The summed E-state index contributed by atoms with van der Waals surface area (Å²) < 4.78 is 5.60. The van der Waals surface area contributed by atoms with Crippen LogP contribution in [0, 0.1) is 0 Å². The summed E-state index contributed by atoms with van der Waals surface area (Å²) in [7, 11) is 0. The van der Waals surface area contributed by atoms with Crippen molar-refractivity contribution in [3.05, 3.63) is 35.4 Å². The van der Waals surface area contributed by atoms with Gasteiger partial charge in [-0.15, -0.1) is 0 Å². The second kappa shape index (κ2) is 5.46. The van der Waals surface area contributed by atoms with Crippen LogP contribution in [0.5, 0.6) is 0 Å². The lowest BCUT2D eigenvalue weighted by Crippen LogP contribution is -2.24. The zero-order chi connectivity index (χ0) is 11.4. The van der Waals surface area contributed by atoms with E-state index in [0.29, 0.717) is 12.7 Å². The summed E-state index contributed by atoms with van der Waals surface area (Å²) in [5, 5.41) is 9.93. The van der Waals surface area contributed by atoms with Gasteiger partial charge in [0.05, 0.1) is 12.7 Å². The predicted octanol–water partition coefficient (Wildman–Crippen LogP) is 2.85. The molecule has 0 amide bonds. The molecule has 1 unspecified atom stereocenters. The number of aliphatic hydroxyl groups excluding tert-OH is 1. The van der Waals surface area contributed by atoms with E-state index in [4.69, 9.17) is 4.74 Å². The Kier molecular flexibility index (Phi) is 3.97. The molecule has 0 aliphatic heterocycles. The van der Waals surface area contributed by atoms with Gasteiger partial charge in [-0.3, -0.25) is 0 Å². The molecular weight excluding hydrogens is 200 g/mol. The second-order valence-electron chi connectivity index (χ2n) is 4.50. The van der Waals surface area contributed by atoms with Gasteiger partial charge in [-0.05, 0) is 36.8 Å². The third-order valence-corrected chi connectivity index (χ3v) is 3.31. The van der Waals surface area contributed by atoms with Crippen LogP contribution >= 0.6 is 0 Å². The molecule has 2 rings (SSSR count). The molecule has 0 heterocycles. The van der Waals surface area contributed by atoms with Gasteiger partial charge in [0.1, 0.15) is 6.10 Å². The molecule has 1 aliphatic carbocycles. The van der Waals surface area contributed by atoms with E-state index in [0.717, 1.165) is 24.8 Å². The standard InChI is InChI=1S/C14H20O2/c1-2-11-6-8-12(9-7-11)14(15)10-16-13-4-3-5-13/h6-9,13-15H,2-5,10H2,1H3. The zero-order valence-corrected chi connectivity index (χ0v) is 9.86. The van der Waals surface area contributed by atoms with E-state index in [1.807, 2.05) is 12.1 Å². The first-order valence-electron chi connectivity index (χ1n) is 6.18. The number of aliphatic hydroxyl groups is 1. The van der Waals surface area contributed by atoms with Crippen LogP contribution in [-0.4, -0.2) is 17.8 Å². The summed E-state index contributed by atoms with van der Waals surface area (Å²) in [6.45, 7) is 2.56. The molecular formula is C14H20O2. The number of aryl methyl sites for hydroxylation is 1. The van der Waals surface area contributed by atoms with Crippen LogP contribution in [0.25, 0.3) is 0 Å². The molecule has 1 saturated carbocycles. The Morgan fingerprint density at radius 3 is 2.50 bits per heavy atom. The summed E-state index contributed by atoms with van der Waals surface area (Å²) >= 11 is 0. The highest BCUT2D eigenvalue weighted by Gasteiger charge is 2.19. The first-order chi connectivity index (χ1) is 7.79. The maximum Gasteiger partial charge on any atom is 0.102 e.